The van der Waals surface area contributed by atoms with Gasteiger partial charge in [0.1, 0.15) is 0 Å². The van der Waals surface area contributed by atoms with Crippen molar-refractivity contribution in [2.75, 3.05) is 11.1 Å². The van der Waals surface area contributed by atoms with Gasteiger partial charge in [0.2, 0.25) is 0 Å². The lowest BCUT2D eigenvalue weighted by atomic mass is 10.1. The average Bonchev–Trinajstić information content (AvgIpc) is 2.28. The van der Waals surface area contributed by atoms with Crippen LogP contribution in [0.1, 0.15) is 10.4 Å². The maximum Gasteiger partial charge on any atom is 0.337 e. The molecule has 0 aliphatic heterocycles. The van der Waals surface area contributed by atoms with Crippen LogP contribution in [0.15, 0.2) is 46.9 Å². The van der Waals surface area contributed by atoms with Crippen LogP contribution in [0, 0.1) is 0 Å². The Bertz CT molecular complexity index is 599. The van der Waals surface area contributed by atoms with Crippen LogP contribution in [-0.4, -0.2) is 11.1 Å². The van der Waals surface area contributed by atoms with Gasteiger partial charge < -0.3 is 16.2 Å². The van der Waals surface area contributed by atoms with E-state index in [1.54, 1.807) is 12.1 Å². The van der Waals surface area contributed by atoms with Crippen molar-refractivity contribution in [2.24, 2.45) is 0 Å². The number of nitrogens with one attached hydrogen (secondary N) is 1. The van der Waals surface area contributed by atoms with Crippen molar-refractivity contribution in [1.29, 1.82) is 0 Å². The Labute approximate surface area is 113 Å². The minimum Gasteiger partial charge on any atom is -0.478 e. The van der Waals surface area contributed by atoms with Gasteiger partial charge in [-0.15, -0.1) is 0 Å². The van der Waals surface area contributed by atoms with Crippen LogP contribution >= 0.6 is 15.9 Å². The minimum atomic E-state index is -0.993. The van der Waals surface area contributed by atoms with Crippen LogP contribution in [-0.2, 0) is 0 Å². The Morgan fingerprint density at radius 3 is 2.67 bits per heavy atom. The van der Waals surface area contributed by atoms with E-state index in [4.69, 9.17) is 10.8 Å². The van der Waals surface area contributed by atoms with Gasteiger partial charge >= 0.3 is 5.97 Å². The third kappa shape index (κ3) is 2.81. The summed E-state index contributed by atoms with van der Waals surface area (Å²) < 4.78 is 0.910. The summed E-state index contributed by atoms with van der Waals surface area (Å²) in [7, 11) is 0. The normalized spacial score (nSPS) is 10.1. The van der Waals surface area contributed by atoms with Crippen molar-refractivity contribution < 1.29 is 9.90 Å². The molecule has 0 aliphatic rings. The number of benzene rings is 2. The third-order valence-electron chi connectivity index (χ3n) is 2.38. The molecular formula is C13H11BrN2O2. The molecule has 4 N–H and O–H groups in total. The van der Waals surface area contributed by atoms with Gasteiger partial charge in [0.25, 0.3) is 0 Å². The lowest BCUT2D eigenvalue weighted by Crippen LogP contribution is -2.03. The number of carboxylic acids is 1. The van der Waals surface area contributed by atoms with Gasteiger partial charge in [-0.25, -0.2) is 4.79 Å². The van der Waals surface area contributed by atoms with E-state index in [1.165, 1.54) is 6.07 Å². The first-order valence-corrected chi connectivity index (χ1v) is 6.01. The molecule has 2 aromatic rings. The molecule has 0 aromatic heterocycles. The molecular weight excluding hydrogens is 296 g/mol. The molecule has 0 fully saturated rings. The Kier molecular flexibility index (Phi) is 3.53. The van der Waals surface area contributed by atoms with Gasteiger partial charge in [-0.05, 0) is 36.4 Å². The lowest BCUT2D eigenvalue weighted by Gasteiger charge is -2.10. The topological polar surface area (TPSA) is 75.4 Å². The lowest BCUT2D eigenvalue weighted by molar-refractivity contribution is 0.0698. The van der Waals surface area contributed by atoms with Gasteiger partial charge in [0, 0.05) is 15.8 Å². The van der Waals surface area contributed by atoms with E-state index < -0.39 is 5.97 Å². The molecule has 0 spiro atoms. The van der Waals surface area contributed by atoms with Crippen molar-refractivity contribution in [3.8, 4) is 0 Å². The van der Waals surface area contributed by atoms with Crippen LogP contribution in [0.3, 0.4) is 0 Å². The zero-order valence-corrected chi connectivity index (χ0v) is 10.9. The number of nitrogens with two attached hydrogens (primary N) is 1. The molecule has 18 heavy (non-hydrogen) atoms. The van der Waals surface area contributed by atoms with Crippen molar-refractivity contribution >= 4 is 39.0 Å². The van der Waals surface area contributed by atoms with Crippen molar-refractivity contribution in [3.05, 3.63) is 52.5 Å². The molecule has 92 valence electrons. The van der Waals surface area contributed by atoms with Gasteiger partial charge in [0.05, 0.1) is 11.3 Å². The summed E-state index contributed by atoms with van der Waals surface area (Å²) in [6, 6.07) is 12.1. The smallest absolute Gasteiger partial charge is 0.337 e. The fourth-order valence-corrected chi connectivity index (χ4v) is 1.97. The predicted molar refractivity (Wildman–Crippen MR) is 75.2 cm³/mol. The molecule has 2 aromatic carbocycles. The first-order chi connectivity index (χ1) is 8.56. The number of nitrogen functional groups attached to an aromatic ring is 1. The van der Waals surface area contributed by atoms with Crippen molar-refractivity contribution in [2.45, 2.75) is 0 Å². The number of hydrogen-bond acceptors (Lipinski definition) is 3. The van der Waals surface area contributed by atoms with E-state index in [9.17, 15) is 4.79 Å². The van der Waals surface area contributed by atoms with E-state index in [0.29, 0.717) is 11.4 Å². The summed E-state index contributed by atoms with van der Waals surface area (Å²) in [5.41, 5.74) is 7.63. The highest BCUT2D eigenvalue weighted by Gasteiger charge is 2.10. The number of carbonyl (C=O) groups is 1. The van der Waals surface area contributed by atoms with Crippen LogP contribution in [0.25, 0.3) is 0 Å². The zero-order chi connectivity index (χ0) is 13.1. The Balaban J connectivity index is 2.39. The van der Waals surface area contributed by atoms with Crippen molar-refractivity contribution in [1.82, 2.24) is 0 Å². The van der Waals surface area contributed by atoms with Crippen LogP contribution < -0.4 is 11.1 Å². The summed E-state index contributed by atoms with van der Waals surface area (Å²) in [6.07, 6.45) is 0. The summed E-state index contributed by atoms with van der Waals surface area (Å²) in [6.45, 7) is 0. The molecule has 0 radical (unpaired) electrons. The Morgan fingerprint density at radius 2 is 2.00 bits per heavy atom. The number of halogens is 1. The van der Waals surface area contributed by atoms with E-state index in [1.807, 2.05) is 24.3 Å². The number of carboxylic acid groups (broad SMARTS) is 1. The molecule has 0 heterocycles. The number of aromatic carboxylic acids is 1. The second-order valence-corrected chi connectivity index (χ2v) is 4.66. The van der Waals surface area contributed by atoms with Gasteiger partial charge in [-0.1, -0.05) is 22.0 Å². The summed E-state index contributed by atoms with van der Waals surface area (Å²) in [5, 5.41) is 12.1. The fourth-order valence-electron chi connectivity index (χ4n) is 1.57. The minimum absolute atomic E-state index is 0.184. The first-order valence-electron chi connectivity index (χ1n) is 5.21. The average molecular weight is 307 g/mol. The van der Waals surface area contributed by atoms with E-state index in [0.717, 1.165) is 10.2 Å². The number of hydrogen-bond donors (Lipinski definition) is 3. The van der Waals surface area contributed by atoms with Gasteiger partial charge in [-0.3, -0.25) is 0 Å². The highest BCUT2D eigenvalue weighted by Crippen LogP contribution is 2.25. The largest absolute Gasteiger partial charge is 0.478 e. The molecule has 2 rings (SSSR count). The van der Waals surface area contributed by atoms with Crippen molar-refractivity contribution in [3.63, 3.8) is 0 Å². The van der Waals surface area contributed by atoms with Gasteiger partial charge in [-0.2, -0.15) is 0 Å². The SMILES string of the molecule is Nc1ccc(C(=O)O)c(Nc2cccc(Br)c2)c1. The first kappa shape index (κ1) is 12.4. The standard InChI is InChI=1S/C13H11BrN2O2/c14-8-2-1-3-10(6-8)16-12-7-9(15)4-5-11(12)13(17)18/h1-7,16H,15H2,(H,17,18). The second kappa shape index (κ2) is 5.10. The maximum atomic E-state index is 11.1. The molecule has 0 aliphatic carbocycles. The number of anilines is 3. The van der Waals surface area contributed by atoms with Crippen LogP contribution in [0.5, 0.6) is 0 Å². The van der Waals surface area contributed by atoms with Crippen LogP contribution in [0.2, 0.25) is 0 Å². The molecule has 0 saturated carbocycles. The summed E-state index contributed by atoms with van der Waals surface area (Å²) in [5.74, 6) is -0.993. The molecule has 0 atom stereocenters. The molecule has 5 heteroatoms. The predicted octanol–water partition coefficient (Wildman–Crippen LogP) is 3.47. The molecule has 0 unspecified atom stereocenters. The maximum absolute atomic E-state index is 11.1. The Hall–Kier alpha value is -2.01. The third-order valence-corrected chi connectivity index (χ3v) is 2.87. The molecule has 0 amide bonds. The van der Waals surface area contributed by atoms with E-state index >= 15 is 0 Å². The Morgan fingerprint density at radius 1 is 1.22 bits per heavy atom. The van der Waals surface area contributed by atoms with E-state index in [-0.39, 0.29) is 5.56 Å². The van der Waals surface area contributed by atoms with E-state index in [2.05, 4.69) is 21.2 Å². The second-order valence-electron chi connectivity index (χ2n) is 3.75. The summed E-state index contributed by atoms with van der Waals surface area (Å²) >= 11 is 3.36. The highest BCUT2D eigenvalue weighted by atomic mass is 79.9. The summed E-state index contributed by atoms with van der Waals surface area (Å²) in [4.78, 5) is 11.1. The number of rotatable bonds is 3. The quantitative estimate of drug-likeness (QED) is 0.759. The van der Waals surface area contributed by atoms with Crippen LogP contribution in [0.4, 0.5) is 17.1 Å². The monoisotopic (exact) mass is 306 g/mol. The zero-order valence-electron chi connectivity index (χ0n) is 9.35. The molecule has 0 saturated heterocycles. The fraction of sp³-hybridized carbons (Fsp3) is 0. The highest BCUT2D eigenvalue weighted by molar-refractivity contribution is 9.10. The van der Waals surface area contributed by atoms with Gasteiger partial charge in [0.15, 0.2) is 0 Å². The molecule has 0 bridgehead atoms. The molecule has 4 nitrogen and oxygen atoms in total.